The van der Waals surface area contributed by atoms with Crippen LogP contribution in [0.5, 0.6) is 0 Å². The Morgan fingerprint density at radius 1 is 1.62 bits per heavy atom. The van der Waals surface area contributed by atoms with Crippen molar-refractivity contribution in [3.8, 4) is 0 Å². The molecule has 0 heterocycles. The molecule has 0 amide bonds. The van der Waals surface area contributed by atoms with Gasteiger partial charge in [-0.25, -0.2) is 0 Å². The Balaban J connectivity index is 3.98. The Morgan fingerprint density at radius 3 is 2.62 bits per heavy atom. The van der Waals surface area contributed by atoms with Gasteiger partial charge in [0.25, 0.3) is 0 Å². The van der Waals surface area contributed by atoms with Gasteiger partial charge in [0.15, 0.2) is 0 Å². The van der Waals surface area contributed by atoms with Crippen molar-refractivity contribution in [3.05, 3.63) is 0 Å². The van der Waals surface area contributed by atoms with Crippen molar-refractivity contribution >= 4 is 5.97 Å². The predicted octanol–water partition coefficient (Wildman–Crippen LogP) is 0.252. The minimum Gasteiger partial charge on any atom is -0.468 e. The summed E-state index contributed by atoms with van der Waals surface area (Å²) in [6, 6.07) is -0.221. The van der Waals surface area contributed by atoms with E-state index in [-0.39, 0.29) is 18.6 Å². The summed E-state index contributed by atoms with van der Waals surface area (Å²) in [5.74, 6) is -0.222. The van der Waals surface area contributed by atoms with Crippen LogP contribution in [0.2, 0.25) is 0 Å². The maximum absolute atomic E-state index is 11.1. The van der Waals surface area contributed by atoms with Gasteiger partial charge in [0.2, 0.25) is 0 Å². The van der Waals surface area contributed by atoms with Gasteiger partial charge in [0.05, 0.1) is 7.11 Å². The molecule has 0 saturated heterocycles. The summed E-state index contributed by atoms with van der Waals surface area (Å²) in [5, 5.41) is 8.65. The Hall–Kier alpha value is -0.610. The van der Waals surface area contributed by atoms with Gasteiger partial charge in [-0.05, 0) is 19.9 Å². The topological polar surface area (TPSA) is 49.8 Å². The molecule has 0 aliphatic heterocycles. The van der Waals surface area contributed by atoms with E-state index in [9.17, 15) is 4.79 Å². The SMILES string of the molecule is CCN(CCCO)C(C)C(=O)OC. The number of aliphatic hydroxyl groups is 1. The van der Waals surface area contributed by atoms with E-state index in [0.29, 0.717) is 6.42 Å². The smallest absolute Gasteiger partial charge is 0.322 e. The maximum Gasteiger partial charge on any atom is 0.322 e. The Labute approximate surface area is 79.5 Å². The highest BCUT2D eigenvalue weighted by atomic mass is 16.5. The van der Waals surface area contributed by atoms with E-state index < -0.39 is 0 Å². The molecule has 0 aliphatic rings. The Bertz CT molecular complexity index is 150. The van der Waals surface area contributed by atoms with Crippen molar-refractivity contribution in [1.29, 1.82) is 0 Å². The number of rotatable bonds is 6. The second-order valence-electron chi connectivity index (χ2n) is 2.90. The Morgan fingerprint density at radius 2 is 2.23 bits per heavy atom. The third-order valence-electron chi connectivity index (χ3n) is 2.10. The first-order valence-electron chi connectivity index (χ1n) is 4.60. The molecule has 0 rings (SSSR count). The minimum absolute atomic E-state index is 0.157. The van der Waals surface area contributed by atoms with Gasteiger partial charge in [0.1, 0.15) is 6.04 Å². The fourth-order valence-electron chi connectivity index (χ4n) is 1.22. The minimum atomic E-state index is -0.222. The summed E-state index contributed by atoms with van der Waals surface area (Å²) in [6.45, 7) is 5.47. The van der Waals surface area contributed by atoms with E-state index in [4.69, 9.17) is 5.11 Å². The van der Waals surface area contributed by atoms with Crippen LogP contribution < -0.4 is 0 Å². The fraction of sp³-hybridized carbons (Fsp3) is 0.889. The van der Waals surface area contributed by atoms with Gasteiger partial charge in [-0.3, -0.25) is 9.69 Å². The fourth-order valence-corrected chi connectivity index (χ4v) is 1.22. The molecule has 0 spiro atoms. The number of ether oxygens (including phenoxy) is 1. The largest absolute Gasteiger partial charge is 0.468 e. The van der Waals surface area contributed by atoms with E-state index in [2.05, 4.69) is 4.74 Å². The zero-order valence-electron chi connectivity index (χ0n) is 8.62. The van der Waals surface area contributed by atoms with Crippen molar-refractivity contribution in [1.82, 2.24) is 4.90 Å². The van der Waals surface area contributed by atoms with Crippen molar-refractivity contribution < 1.29 is 14.6 Å². The van der Waals surface area contributed by atoms with Crippen LogP contribution in [0, 0.1) is 0 Å². The van der Waals surface area contributed by atoms with Crippen LogP contribution >= 0.6 is 0 Å². The number of hydrogen-bond donors (Lipinski definition) is 1. The summed E-state index contributed by atoms with van der Waals surface area (Å²) in [7, 11) is 1.39. The molecule has 4 heteroatoms. The number of nitrogens with zero attached hydrogens (tertiary/aromatic N) is 1. The first-order chi connectivity index (χ1) is 6.17. The highest BCUT2D eigenvalue weighted by Gasteiger charge is 2.19. The third-order valence-corrected chi connectivity index (χ3v) is 2.10. The lowest BCUT2D eigenvalue weighted by molar-refractivity contribution is -0.146. The van der Waals surface area contributed by atoms with E-state index >= 15 is 0 Å². The van der Waals surface area contributed by atoms with Crippen molar-refractivity contribution in [2.45, 2.75) is 26.3 Å². The van der Waals surface area contributed by atoms with Crippen LogP contribution in [0.4, 0.5) is 0 Å². The first kappa shape index (κ1) is 12.4. The number of methoxy groups -OCH3 is 1. The van der Waals surface area contributed by atoms with Crippen molar-refractivity contribution in [2.75, 3.05) is 26.8 Å². The number of carbonyl (C=O) groups is 1. The maximum atomic E-state index is 11.1. The van der Waals surface area contributed by atoms with Gasteiger partial charge in [-0.1, -0.05) is 6.92 Å². The zero-order valence-corrected chi connectivity index (χ0v) is 8.62. The molecule has 0 bridgehead atoms. The molecule has 0 aromatic heterocycles. The summed E-state index contributed by atoms with van der Waals surface area (Å²) in [6.07, 6.45) is 0.690. The molecule has 0 aliphatic carbocycles. The monoisotopic (exact) mass is 189 g/mol. The van der Waals surface area contributed by atoms with Crippen LogP contribution in [0.3, 0.4) is 0 Å². The third kappa shape index (κ3) is 4.24. The van der Waals surface area contributed by atoms with Gasteiger partial charge in [-0.15, -0.1) is 0 Å². The first-order valence-corrected chi connectivity index (χ1v) is 4.60. The van der Waals surface area contributed by atoms with Crippen LogP contribution in [0.15, 0.2) is 0 Å². The number of likely N-dealkylation sites (N-methyl/N-ethyl adjacent to an activating group) is 1. The highest BCUT2D eigenvalue weighted by Crippen LogP contribution is 2.01. The molecule has 0 radical (unpaired) electrons. The lowest BCUT2D eigenvalue weighted by Crippen LogP contribution is -2.40. The molecular weight excluding hydrogens is 170 g/mol. The van der Waals surface area contributed by atoms with Crippen LogP contribution in [0.1, 0.15) is 20.3 Å². The van der Waals surface area contributed by atoms with E-state index in [0.717, 1.165) is 13.1 Å². The second-order valence-corrected chi connectivity index (χ2v) is 2.90. The molecule has 1 N–H and O–H groups in total. The zero-order chi connectivity index (χ0) is 10.3. The molecule has 13 heavy (non-hydrogen) atoms. The number of aliphatic hydroxyl groups excluding tert-OH is 1. The van der Waals surface area contributed by atoms with Crippen molar-refractivity contribution in [3.63, 3.8) is 0 Å². The summed E-state index contributed by atoms with van der Waals surface area (Å²) in [4.78, 5) is 13.1. The van der Waals surface area contributed by atoms with Gasteiger partial charge < -0.3 is 9.84 Å². The molecule has 0 saturated carbocycles. The number of carbonyl (C=O) groups excluding carboxylic acids is 1. The normalized spacial score (nSPS) is 13.0. The summed E-state index contributed by atoms with van der Waals surface area (Å²) in [5.41, 5.74) is 0. The van der Waals surface area contributed by atoms with Crippen LogP contribution in [-0.2, 0) is 9.53 Å². The van der Waals surface area contributed by atoms with E-state index in [1.807, 2.05) is 18.7 Å². The predicted molar refractivity (Wildman–Crippen MR) is 50.4 cm³/mol. The lowest BCUT2D eigenvalue weighted by Gasteiger charge is -2.25. The number of hydrogen-bond acceptors (Lipinski definition) is 4. The average Bonchev–Trinajstić information content (AvgIpc) is 2.17. The summed E-state index contributed by atoms with van der Waals surface area (Å²) < 4.78 is 4.63. The van der Waals surface area contributed by atoms with Gasteiger partial charge in [-0.2, -0.15) is 0 Å². The molecule has 1 unspecified atom stereocenters. The molecule has 0 aromatic carbocycles. The van der Waals surface area contributed by atoms with Gasteiger partial charge >= 0.3 is 5.97 Å². The quantitative estimate of drug-likeness (QED) is 0.609. The molecule has 78 valence electrons. The van der Waals surface area contributed by atoms with Crippen molar-refractivity contribution in [2.24, 2.45) is 0 Å². The van der Waals surface area contributed by atoms with E-state index in [1.165, 1.54) is 7.11 Å². The molecule has 1 atom stereocenters. The van der Waals surface area contributed by atoms with Crippen LogP contribution in [0.25, 0.3) is 0 Å². The lowest BCUT2D eigenvalue weighted by atomic mass is 10.2. The number of esters is 1. The standard InChI is InChI=1S/C9H19NO3/c1-4-10(6-5-7-11)8(2)9(12)13-3/h8,11H,4-7H2,1-3H3. The summed E-state index contributed by atoms with van der Waals surface area (Å²) >= 11 is 0. The molecular formula is C9H19NO3. The Kier molecular flexibility index (Phi) is 6.54. The second kappa shape index (κ2) is 6.86. The van der Waals surface area contributed by atoms with Crippen LogP contribution in [-0.4, -0.2) is 48.8 Å². The molecule has 0 aromatic rings. The molecule has 4 nitrogen and oxygen atoms in total. The van der Waals surface area contributed by atoms with E-state index in [1.54, 1.807) is 0 Å². The average molecular weight is 189 g/mol. The highest BCUT2D eigenvalue weighted by molar-refractivity contribution is 5.75. The molecule has 0 fully saturated rings. The van der Waals surface area contributed by atoms with Gasteiger partial charge in [0, 0.05) is 13.2 Å².